The van der Waals surface area contributed by atoms with Crippen LogP contribution in [0.4, 0.5) is 5.69 Å². The van der Waals surface area contributed by atoms with Crippen LogP contribution in [0.5, 0.6) is 0 Å². The molecule has 0 bridgehead atoms. The number of rotatable bonds is 5. The molecule has 0 saturated carbocycles. The first kappa shape index (κ1) is 19.0. The SMILES string of the molecule is CCC(C)(C)NCC(O)c1cc(Cl)c(N)c(C#N)c1.Cl. The predicted octanol–water partition coefficient (Wildman–Crippen LogP) is 3.03. The van der Waals surface area contributed by atoms with Gasteiger partial charge in [-0.1, -0.05) is 18.5 Å². The summed E-state index contributed by atoms with van der Waals surface area (Å²) < 4.78 is 0. The monoisotopic (exact) mass is 317 g/mol. The molecule has 0 radical (unpaired) electrons. The van der Waals surface area contributed by atoms with E-state index >= 15 is 0 Å². The van der Waals surface area contributed by atoms with Gasteiger partial charge in [-0.05, 0) is 38.0 Å². The molecule has 0 saturated heterocycles. The van der Waals surface area contributed by atoms with Gasteiger partial charge in [0.2, 0.25) is 0 Å². The van der Waals surface area contributed by atoms with E-state index in [0.717, 1.165) is 6.42 Å². The Balaban J connectivity index is 0.00000361. The number of benzene rings is 1. The maximum absolute atomic E-state index is 10.1. The highest BCUT2D eigenvalue weighted by Crippen LogP contribution is 2.27. The van der Waals surface area contributed by atoms with E-state index in [9.17, 15) is 5.11 Å². The number of hydrogen-bond acceptors (Lipinski definition) is 4. The van der Waals surface area contributed by atoms with Crippen LogP contribution in [0.2, 0.25) is 5.02 Å². The van der Waals surface area contributed by atoms with Gasteiger partial charge in [-0.2, -0.15) is 5.26 Å². The highest BCUT2D eigenvalue weighted by molar-refractivity contribution is 6.33. The summed E-state index contributed by atoms with van der Waals surface area (Å²) in [5.74, 6) is 0. The molecule has 0 aromatic heterocycles. The third-order valence-electron chi connectivity index (χ3n) is 3.31. The number of anilines is 1. The molecule has 0 aliphatic rings. The molecule has 1 rings (SSSR count). The summed E-state index contributed by atoms with van der Waals surface area (Å²) in [6.45, 7) is 6.60. The van der Waals surface area contributed by atoms with E-state index < -0.39 is 6.10 Å². The lowest BCUT2D eigenvalue weighted by atomic mass is 10.00. The van der Waals surface area contributed by atoms with E-state index in [2.05, 4.69) is 26.1 Å². The third-order valence-corrected chi connectivity index (χ3v) is 3.63. The first-order valence-electron chi connectivity index (χ1n) is 6.23. The molecule has 1 aromatic rings. The highest BCUT2D eigenvalue weighted by Gasteiger charge is 2.18. The van der Waals surface area contributed by atoms with Crippen molar-refractivity contribution in [3.8, 4) is 6.07 Å². The van der Waals surface area contributed by atoms with Gasteiger partial charge < -0.3 is 16.2 Å². The molecule has 0 aliphatic heterocycles. The molecule has 0 aliphatic carbocycles. The molecule has 1 atom stereocenters. The van der Waals surface area contributed by atoms with Crippen LogP contribution in [0.1, 0.15) is 44.4 Å². The fraction of sp³-hybridized carbons (Fsp3) is 0.500. The molecule has 0 fully saturated rings. The molecule has 4 N–H and O–H groups in total. The van der Waals surface area contributed by atoms with E-state index in [0.29, 0.717) is 17.1 Å². The van der Waals surface area contributed by atoms with Gasteiger partial charge in [0.1, 0.15) is 6.07 Å². The Bertz CT molecular complexity index is 498. The fourth-order valence-electron chi connectivity index (χ4n) is 1.54. The average Bonchev–Trinajstić information content (AvgIpc) is 2.39. The number of nitrogen functional groups attached to an aromatic ring is 1. The molecule has 1 aromatic carbocycles. The lowest BCUT2D eigenvalue weighted by molar-refractivity contribution is 0.160. The summed E-state index contributed by atoms with van der Waals surface area (Å²) in [5.41, 5.74) is 6.76. The Morgan fingerprint density at radius 2 is 2.10 bits per heavy atom. The van der Waals surface area contributed by atoms with Crippen molar-refractivity contribution in [2.75, 3.05) is 12.3 Å². The minimum Gasteiger partial charge on any atom is -0.396 e. The summed E-state index contributed by atoms with van der Waals surface area (Å²) in [5, 5.41) is 22.7. The zero-order chi connectivity index (χ0) is 14.6. The topological polar surface area (TPSA) is 82.1 Å². The minimum atomic E-state index is -0.726. The maximum Gasteiger partial charge on any atom is 0.101 e. The molecule has 20 heavy (non-hydrogen) atoms. The predicted molar refractivity (Wildman–Crippen MR) is 85.2 cm³/mol. The molecule has 0 amide bonds. The van der Waals surface area contributed by atoms with Crippen molar-refractivity contribution in [3.05, 3.63) is 28.3 Å². The molecule has 0 spiro atoms. The van der Waals surface area contributed by atoms with E-state index in [1.807, 2.05) is 6.07 Å². The van der Waals surface area contributed by atoms with Gasteiger partial charge in [0.05, 0.1) is 22.4 Å². The Morgan fingerprint density at radius 3 is 2.60 bits per heavy atom. The van der Waals surface area contributed by atoms with Crippen molar-refractivity contribution in [3.63, 3.8) is 0 Å². The smallest absolute Gasteiger partial charge is 0.101 e. The van der Waals surface area contributed by atoms with Crippen LogP contribution in [-0.2, 0) is 0 Å². The maximum atomic E-state index is 10.1. The van der Waals surface area contributed by atoms with Crippen LogP contribution in [0.15, 0.2) is 12.1 Å². The summed E-state index contributed by atoms with van der Waals surface area (Å²) in [6, 6.07) is 5.15. The van der Waals surface area contributed by atoms with Crippen molar-refractivity contribution in [2.24, 2.45) is 0 Å². The molecule has 4 nitrogen and oxygen atoms in total. The molecule has 112 valence electrons. The van der Waals surface area contributed by atoms with Crippen LogP contribution < -0.4 is 11.1 Å². The van der Waals surface area contributed by atoms with Gasteiger partial charge in [0, 0.05) is 12.1 Å². The van der Waals surface area contributed by atoms with Gasteiger partial charge in [-0.15, -0.1) is 12.4 Å². The van der Waals surface area contributed by atoms with Gasteiger partial charge in [0.25, 0.3) is 0 Å². The number of β-amino-alcohol motifs (C(OH)–C–C–N with tert-alkyl or cyclic N) is 1. The highest BCUT2D eigenvalue weighted by atomic mass is 35.5. The van der Waals surface area contributed by atoms with Gasteiger partial charge >= 0.3 is 0 Å². The second-order valence-electron chi connectivity index (χ2n) is 5.21. The number of hydrogen-bond donors (Lipinski definition) is 3. The summed E-state index contributed by atoms with van der Waals surface area (Å²) >= 11 is 5.95. The van der Waals surface area contributed by atoms with Crippen LogP contribution in [0.25, 0.3) is 0 Å². The van der Waals surface area contributed by atoms with Crippen molar-refractivity contribution in [1.82, 2.24) is 5.32 Å². The summed E-state index contributed by atoms with van der Waals surface area (Å²) in [6.07, 6.45) is 0.224. The Morgan fingerprint density at radius 1 is 1.50 bits per heavy atom. The first-order chi connectivity index (χ1) is 8.80. The number of nitrogens with zero attached hydrogens (tertiary/aromatic N) is 1. The molecular weight excluding hydrogens is 297 g/mol. The van der Waals surface area contributed by atoms with E-state index in [1.165, 1.54) is 0 Å². The van der Waals surface area contributed by atoms with Crippen LogP contribution in [0.3, 0.4) is 0 Å². The Labute approximate surface area is 131 Å². The van der Waals surface area contributed by atoms with Crippen LogP contribution in [-0.4, -0.2) is 17.2 Å². The largest absolute Gasteiger partial charge is 0.396 e. The minimum absolute atomic E-state index is 0. The Hall–Kier alpha value is -0.990. The number of nitrogens with two attached hydrogens (primary N) is 1. The second-order valence-corrected chi connectivity index (χ2v) is 5.62. The molecule has 0 heterocycles. The quantitative estimate of drug-likeness (QED) is 0.729. The van der Waals surface area contributed by atoms with Gasteiger partial charge in [-0.3, -0.25) is 0 Å². The summed E-state index contributed by atoms with van der Waals surface area (Å²) in [7, 11) is 0. The third kappa shape index (κ3) is 4.84. The lowest BCUT2D eigenvalue weighted by Crippen LogP contribution is -2.40. The number of aliphatic hydroxyl groups excluding tert-OH is 1. The second kappa shape index (κ2) is 7.70. The average molecular weight is 318 g/mol. The van der Waals surface area contributed by atoms with Gasteiger partial charge in [0.15, 0.2) is 0 Å². The number of nitrogens with one attached hydrogen (secondary N) is 1. The number of halogens is 2. The van der Waals surface area contributed by atoms with Gasteiger partial charge in [-0.25, -0.2) is 0 Å². The van der Waals surface area contributed by atoms with Crippen molar-refractivity contribution in [1.29, 1.82) is 5.26 Å². The normalized spacial score (nSPS) is 12.4. The van der Waals surface area contributed by atoms with Crippen molar-refractivity contribution < 1.29 is 5.11 Å². The summed E-state index contributed by atoms with van der Waals surface area (Å²) in [4.78, 5) is 0. The van der Waals surface area contributed by atoms with E-state index in [-0.39, 0.29) is 29.2 Å². The van der Waals surface area contributed by atoms with Crippen LogP contribution in [0, 0.1) is 11.3 Å². The van der Waals surface area contributed by atoms with Crippen molar-refractivity contribution >= 4 is 29.7 Å². The first-order valence-corrected chi connectivity index (χ1v) is 6.60. The van der Waals surface area contributed by atoms with Crippen LogP contribution >= 0.6 is 24.0 Å². The zero-order valence-corrected chi connectivity index (χ0v) is 13.5. The molecule has 6 heteroatoms. The fourth-order valence-corrected chi connectivity index (χ4v) is 1.77. The lowest BCUT2D eigenvalue weighted by Gasteiger charge is -2.26. The Kier molecular flexibility index (Phi) is 7.32. The number of aliphatic hydroxyl groups is 1. The molecular formula is C14H21Cl2N3O. The van der Waals surface area contributed by atoms with E-state index in [1.54, 1.807) is 12.1 Å². The standard InChI is InChI=1S/C14H20ClN3O.ClH/c1-4-14(2,3)18-8-12(19)9-5-10(7-16)13(17)11(15)6-9;/h5-6,12,18-19H,4,8,17H2,1-3H3;1H. The zero-order valence-electron chi connectivity index (χ0n) is 11.9. The van der Waals surface area contributed by atoms with Crippen molar-refractivity contribution in [2.45, 2.75) is 38.8 Å². The van der Waals surface area contributed by atoms with E-state index in [4.69, 9.17) is 22.6 Å². The molecule has 1 unspecified atom stereocenters. The number of nitriles is 1.